The third-order valence-corrected chi connectivity index (χ3v) is 1.94. The van der Waals surface area contributed by atoms with Crippen molar-refractivity contribution in [3.8, 4) is 0 Å². The molecule has 0 bridgehead atoms. The largest absolute Gasteiger partial charge is 0.355 e. The number of hydrogen-bond acceptors (Lipinski definition) is 3. The van der Waals surface area contributed by atoms with Gasteiger partial charge < -0.3 is 10.6 Å². The average molecular weight is 207 g/mol. The standard InChI is InChI=1S/C11H17N3O/c1-3-13-11(15)8-12-7-10-5-4-9(2)6-14-10/h4-6,12H,3,7-8H2,1-2H3,(H,13,15). The smallest absolute Gasteiger partial charge is 0.233 e. The summed E-state index contributed by atoms with van der Waals surface area (Å²) in [6.07, 6.45) is 1.82. The second kappa shape index (κ2) is 6.14. The Balaban J connectivity index is 2.26. The van der Waals surface area contributed by atoms with Crippen molar-refractivity contribution in [2.45, 2.75) is 20.4 Å². The van der Waals surface area contributed by atoms with Gasteiger partial charge in [-0.2, -0.15) is 0 Å². The predicted molar refractivity (Wildman–Crippen MR) is 59.4 cm³/mol. The summed E-state index contributed by atoms with van der Waals surface area (Å²) in [6, 6.07) is 3.97. The Morgan fingerprint density at radius 2 is 2.27 bits per heavy atom. The Morgan fingerprint density at radius 1 is 1.47 bits per heavy atom. The summed E-state index contributed by atoms with van der Waals surface area (Å²) in [6.45, 7) is 5.53. The molecule has 0 unspecified atom stereocenters. The number of hydrogen-bond donors (Lipinski definition) is 2. The van der Waals surface area contributed by atoms with Crippen molar-refractivity contribution in [1.29, 1.82) is 0 Å². The topological polar surface area (TPSA) is 54.0 Å². The van der Waals surface area contributed by atoms with Gasteiger partial charge in [-0.3, -0.25) is 9.78 Å². The molecule has 1 aromatic heterocycles. The molecule has 0 aliphatic rings. The molecule has 0 saturated carbocycles. The van der Waals surface area contributed by atoms with E-state index in [0.29, 0.717) is 19.6 Å². The molecule has 4 nitrogen and oxygen atoms in total. The molecule has 0 saturated heterocycles. The molecule has 0 aliphatic carbocycles. The highest BCUT2D eigenvalue weighted by molar-refractivity contribution is 5.77. The maximum atomic E-state index is 11.1. The molecule has 0 fully saturated rings. The number of amides is 1. The zero-order valence-corrected chi connectivity index (χ0v) is 9.21. The summed E-state index contributed by atoms with van der Waals surface area (Å²) in [5, 5.41) is 5.75. The van der Waals surface area contributed by atoms with Gasteiger partial charge >= 0.3 is 0 Å². The van der Waals surface area contributed by atoms with Crippen LogP contribution in [0.2, 0.25) is 0 Å². The molecular weight excluding hydrogens is 190 g/mol. The van der Waals surface area contributed by atoms with E-state index in [1.165, 1.54) is 0 Å². The second-order valence-corrected chi connectivity index (χ2v) is 3.38. The first-order valence-electron chi connectivity index (χ1n) is 5.11. The Hall–Kier alpha value is -1.42. The van der Waals surface area contributed by atoms with Crippen molar-refractivity contribution < 1.29 is 4.79 Å². The van der Waals surface area contributed by atoms with Gasteiger partial charge in [0.1, 0.15) is 0 Å². The zero-order chi connectivity index (χ0) is 11.1. The molecular formula is C11H17N3O. The van der Waals surface area contributed by atoms with E-state index >= 15 is 0 Å². The molecule has 1 rings (SSSR count). The lowest BCUT2D eigenvalue weighted by Crippen LogP contribution is -2.33. The van der Waals surface area contributed by atoms with Crippen LogP contribution in [0.4, 0.5) is 0 Å². The molecule has 1 heterocycles. The molecule has 82 valence electrons. The van der Waals surface area contributed by atoms with Crippen LogP contribution in [-0.2, 0) is 11.3 Å². The van der Waals surface area contributed by atoms with Crippen LogP contribution in [0.15, 0.2) is 18.3 Å². The average Bonchev–Trinajstić information content (AvgIpc) is 2.21. The van der Waals surface area contributed by atoms with E-state index in [2.05, 4.69) is 15.6 Å². The van der Waals surface area contributed by atoms with Gasteiger partial charge in [0.25, 0.3) is 0 Å². The van der Waals surface area contributed by atoms with Gasteiger partial charge in [-0.15, -0.1) is 0 Å². The second-order valence-electron chi connectivity index (χ2n) is 3.38. The lowest BCUT2D eigenvalue weighted by atomic mass is 10.3. The van der Waals surface area contributed by atoms with Gasteiger partial charge in [0.2, 0.25) is 5.91 Å². The molecule has 0 aliphatic heterocycles. The highest BCUT2D eigenvalue weighted by Crippen LogP contribution is 1.97. The van der Waals surface area contributed by atoms with Crippen molar-refractivity contribution in [2.24, 2.45) is 0 Å². The van der Waals surface area contributed by atoms with Crippen LogP contribution in [0.3, 0.4) is 0 Å². The van der Waals surface area contributed by atoms with E-state index < -0.39 is 0 Å². The molecule has 0 atom stereocenters. The van der Waals surface area contributed by atoms with Gasteiger partial charge in [0, 0.05) is 19.3 Å². The summed E-state index contributed by atoms with van der Waals surface area (Å²) in [5.41, 5.74) is 2.09. The molecule has 0 spiro atoms. The van der Waals surface area contributed by atoms with Crippen molar-refractivity contribution in [3.63, 3.8) is 0 Å². The van der Waals surface area contributed by atoms with Crippen LogP contribution in [0.1, 0.15) is 18.2 Å². The maximum Gasteiger partial charge on any atom is 0.233 e. The first kappa shape index (κ1) is 11.7. The molecule has 4 heteroatoms. The number of pyridine rings is 1. The van der Waals surface area contributed by atoms with E-state index in [9.17, 15) is 4.79 Å². The summed E-state index contributed by atoms with van der Waals surface area (Å²) < 4.78 is 0. The van der Waals surface area contributed by atoms with Crippen LogP contribution in [-0.4, -0.2) is 24.0 Å². The lowest BCUT2D eigenvalue weighted by Gasteiger charge is -2.04. The molecule has 0 aromatic carbocycles. The number of aryl methyl sites for hydroxylation is 1. The number of nitrogens with one attached hydrogen (secondary N) is 2. The summed E-state index contributed by atoms with van der Waals surface area (Å²) >= 11 is 0. The normalized spacial score (nSPS) is 10.0. The lowest BCUT2D eigenvalue weighted by molar-refractivity contribution is -0.120. The Labute approximate surface area is 90.1 Å². The van der Waals surface area contributed by atoms with Crippen molar-refractivity contribution in [1.82, 2.24) is 15.6 Å². The van der Waals surface area contributed by atoms with E-state index in [1.807, 2.05) is 32.2 Å². The highest BCUT2D eigenvalue weighted by Gasteiger charge is 1.98. The Bertz CT molecular complexity index is 308. The molecule has 1 amide bonds. The first-order valence-corrected chi connectivity index (χ1v) is 5.11. The van der Waals surface area contributed by atoms with Crippen molar-refractivity contribution in [2.75, 3.05) is 13.1 Å². The summed E-state index contributed by atoms with van der Waals surface area (Å²) in [4.78, 5) is 15.3. The predicted octanol–water partition coefficient (Wildman–Crippen LogP) is 0.616. The monoisotopic (exact) mass is 207 g/mol. The highest BCUT2D eigenvalue weighted by atomic mass is 16.1. The number of rotatable bonds is 5. The third kappa shape index (κ3) is 4.56. The first-order chi connectivity index (χ1) is 7.22. The minimum atomic E-state index is 0.0182. The van der Waals surface area contributed by atoms with Gasteiger partial charge in [-0.25, -0.2) is 0 Å². The van der Waals surface area contributed by atoms with Crippen LogP contribution < -0.4 is 10.6 Å². The van der Waals surface area contributed by atoms with Gasteiger partial charge in [-0.1, -0.05) is 6.07 Å². The SMILES string of the molecule is CCNC(=O)CNCc1ccc(C)cn1. The van der Waals surface area contributed by atoms with Gasteiger partial charge in [0.05, 0.1) is 12.2 Å². The van der Waals surface area contributed by atoms with Crippen LogP contribution in [0, 0.1) is 6.92 Å². The number of nitrogens with zero attached hydrogens (tertiary/aromatic N) is 1. The summed E-state index contributed by atoms with van der Waals surface area (Å²) in [5.74, 6) is 0.0182. The van der Waals surface area contributed by atoms with Crippen molar-refractivity contribution >= 4 is 5.91 Å². The minimum absolute atomic E-state index is 0.0182. The molecule has 2 N–H and O–H groups in total. The van der Waals surface area contributed by atoms with Gasteiger partial charge in [0.15, 0.2) is 0 Å². The number of carbonyl (C=O) groups excluding carboxylic acids is 1. The zero-order valence-electron chi connectivity index (χ0n) is 9.21. The van der Waals surface area contributed by atoms with E-state index in [1.54, 1.807) is 0 Å². The van der Waals surface area contributed by atoms with E-state index in [4.69, 9.17) is 0 Å². The van der Waals surface area contributed by atoms with Crippen molar-refractivity contribution in [3.05, 3.63) is 29.6 Å². The Morgan fingerprint density at radius 3 is 2.87 bits per heavy atom. The molecule has 0 radical (unpaired) electrons. The van der Waals surface area contributed by atoms with Crippen LogP contribution >= 0.6 is 0 Å². The number of carbonyl (C=O) groups is 1. The van der Waals surface area contributed by atoms with E-state index in [0.717, 1.165) is 11.3 Å². The number of aromatic nitrogens is 1. The molecule has 15 heavy (non-hydrogen) atoms. The fourth-order valence-corrected chi connectivity index (χ4v) is 1.17. The van der Waals surface area contributed by atoms with Crippen LogP contribution in [0.5, 0.6) is 0 Å². The third-order valence-electron chi connectivity index (χ3n) is 1.94. The van der Waals surface area contributed by atoms with E-state index in [-0.39, 0.29) is 5.91 Å². The Kier molecular flexibility index (Phi) is 4.77. The summed E-state index contributed by atoms with van der Waals surface area (Å²) in [7, 11) is 0. The maximum absolute atomic E-state index is 11.1. The van der Waals surface area contributed by atoms with Crippen LogP contribution in [0.25, 0.3) is 0 Å². The molecule has 1 aromatic rings. The fourth-order valence-electron chi connectivity index (χ4n) is 1.17. The minimum Gasteiger partial charge on any atom is -0.355 e. The quantitative estimate of drug-likeness (QED) is 0.744. The fraction of sp³-hybridized carbons (Fsp3) is 0.455. The van der Waals surface area contributed by atoms with Gasteiger partial charge in [-0.05, 0) is 25.5 Å². The number of likely N-dealkylation sites (N-methyl/N-ethyl adjacent to an activating group) is 1.